The number of aryl methyl sites for hydroxylation is 1. The van der Waals surface area contributed by atoms with Gasteiger partial charge in [0.25, 0.3) is 0 Å². The molecule has 3 atom stereocenters. The molecule has 2 aliphatic heterocycles. The summed E-state index contributed by atoms with van der Waals surface area (Å²) in [5.74, 6) is 2.05. The van der Waals surface area contributed by atoms with Crippen molar-refractivity contribution in [2.75, 3.05) is 6.54 Å². The van der Waals surface area contributed by atoms with Gasteiger partial charge in [0.05, 0.1) is 0 Å². The standard InChI is InChI=1S/C23H32FN5O2/c1-14(2)22-27-26-15(3)29(22)20-12-18-7-8-19(13-20)28(18)10-9-21(31-23(25)30)16-5-4-6-17(24)11-16/h4-6,11,14,18-21H,7-10,12-13H2,1-3H3,(H2,25,30)/t18-,19-,21-/m0/s1. The van der Waals surface area contributed by atoms with E-state index < -0.39 is 12.2 Å². The van der Waals surface area contributed by atoms with Gasteiger partial charge in [0.1, 0.15) is 23.6 Å². The maximum Gasteiger partial charge on any atom is 0.405 e. The zero-order chi connectivity index (χ0) is 22.1. The molecule has 2 aliphatic rings. The summed E-state index contributed by atoms with van der Waals surface area (Å²) in [4.78, 5) is 14.0. The molecule has 0 radical (unpaired) electrons. The third-order valence-electron chi connectivity index (χ3n) is 6.76. The van der Waals surface area contributed by atoms with E-state index in [1.54, 1.807) is 12.1 Å². The summed E-state index contributed by atoms with van der Waals surface area (Å²) in [6.07, 6.45) is 3.68. The van der Waals surface area contributed by atoms with Gasteiger partial charge in [-0.2, -0.15) is 0 Å². The number of primary amides is 1. The highest BCUT2D eigenvalue weighted by Crippen LogP contribution is 2.42. The number of aromatic nitrogens is 3. The number of benzene rings is 1. The number of carbonyl (C=O) groups is 1. The van der Waals surface area contributed by atoms with E-state index in [0.29, 0.717) is 36.0 Å². The monoisotopic (exact) mass is 429 g/mol. The topological polar surface area (TPSA) is 86.3 Å². The highest BCUT2D eigenvalue weighted by molar-refractivity contribution is 5.65. The van der Waals surface area contributed by atoms with Crippen LogP contribution in [0.3, 0.4) is 0 Å². The van der Waals surface area contributed by atoms with Crippen molar-refractivity contribution in [1.82, 2.24) is 19.7 Å². The minimum absolute atomic E-state index is 0.342. The molecule has 1 aromatic carbocycles. The zero-order valence-corrected chi connectivity index (χ0v) is 18.5. The Morgan fingerprint density at radius 3 is 2.55 bits per heavy atom. The van der Waals surface area contributed by atoms with Crippen LogP contribution in [0.25, 0.3) is 0 Å². The van der Waals surface area contributed by atoms with Gasteiger partial charge in [-0.25, -0.2) is 9.18 Å². The first-order chi connectivity index (χ1) is 14.8. The molecular formula is C23H32FN5O2. The molecule has 2 aromatic rings. The van der Waals surface area contributed by atoms with E-state index in [4.69, 9.17) is 10.5 Å². The SMILES string of the molecule is Cc1nnc(C(C)C)n1C1C[C@@H]2CC[C@@H](C1)N2CC[C@H](OC(N)=O)c1cccc(F)c1. The van der Waals surface area contributed by atoms with E-state index in [1.165, 1.54) is 25.0 Å². The van der Waals surface area contributed by atoms with Crippen LogP contribution in [0.5, 0.6) is 0 Å². The van der Waals surface area contributed by atoms with E-state index in [2.05, 4.69) is 33.5 Å². The molecule has 2 N–H and O–H groups in total. The minimum atomic E-state index is -0.833. The number of hydrogen-bond donors (Lipinski definition) is 1. The Kier molecular flexibility index (Phi) is 6.27. The number of fused-ring (bicyclic) bond motifs is 2. The lowest BCUT2D eigenvalue weighted by Crippen LogP contribution is -2.44. The van der Waals surface area contributed by atoms with Gasteiger partial charge in [-0.05, 0) is 50.3 Å². The number of rotatable bonds is 7. The average molecular weight is 430 g/mol. The Morgan fingerprint density at radius 2 is 1.94 bits per heavy atom. The molecule has 0 aliphatic carbocycles. The fourth-order valence-corrected chi connectivity index (χ4v) is 5.46. The predicted molar refractivity (Wildman–Crippen MR) is 115 cm³/mol. The molecule has 31 heavy (non-hydrogen) atoms. The van der Waals surface area contributed by atoms with Crippen LogP contribution in [0.1, 0.15) is 81.2 Å². The van der Waals surface area contributed by atoms with Crippen molar-refractivity contribution in [2.24, 2.45) is 5.73 Å². The van der Waals surface area contributed by atoms with E-state index in [-0.39, 0.29) is 5.82 Å². The highest BCUT2D eigenvalue weighted by Gasteiger charge is 2.42. The maximum absolute atomic E-state index is 13.7. The van der Waals surface area contributed by atoms with Gasteiger partial charge < -0.3 is 15.0 Å². The second-order valence-electron chi connectivity index (χ2n) is 9.15. The summed E-state index contributed by atoms with van der Waals surface area (Å²) in [6.45, 7) is 7.15. The Labute approximate surface area is 182 Å². The Morgan fingerprint density at radius 1 is 1.23 bits per heavy atom. The van der Waals surface area contributed by atoms with Crippen LogP contribution in [0, 0.1) is 12.7 Å². The number of nitrogens with two attached hydrogens (primary N) is 1. The van der Waals surface area contributed by atoms with E-state index >= 15 is 0 Å². The van der Waals surface area contributed by atoms with Crippen LogP contribution in [-0.4, -0.2) is 44.4 Å². The molecule has 8 heteroatoms. The smallest absolute Gasteiger partial charge is 0.405 e. The van der Waals surface area contributed by atoms with Crippen molar-refractivity contribution in [3.8, 4) is 0 Å². The number of carbonyl (C=O) groups excluding carboxylic acids is 1. The summed E-state index contributed by atoms with van der Waals surface area (Å²) in [5.41, 5.74) is 5.93. The van der Waals surface area contributed by atoms with Gasteiger partial charge >= 0.3 is 6.09 Å². The van der Waals surface area contributed by atoms with Crippen molar-refractivity contribution in [1.29, 1.82) is 0 Å². The first-order valence-corrected chi connectivity index (χ1v) is 11.2. The Bertz CT molecular complexity index is 916. The summed E-state index contributed by atoms with van der Waals surface area (Å²) in [6, 6.07) is 7.58. The molecule has 1 aromatic heterocycles. The molecule has 3 heterocycles. The van der Waals surface area contributed by atoms with Crippen molar-refractivity contribution >= 4 is 6.09 Å². The molecule has 168 valence electrons. The van der Waals surface area contributed by atoms with E-state index in [0.717, 1.165) is 31.0 Å². The first-order valence-electron chi connectivity index (χ1n) is 11.2. The molecular weight excluding hydrogens is 397 g/mol. The lowest BCUT2D eigenvalue weighted by Gasteiger charge is -2.40. The average Bonchev–Trinajstić information content (AvgIpc) is 3.21. The van der Waals surface area contributed by atoms with Crippen molar-refractivity contribution in [3.63, 3.8) is 0 Å². The lowest BCUT2D eigenvalue weighted by molar-refractivity contribution is 0.0641. The number of halogens is 1. The quantitative estimate of drug-likeness (QED) is 0.711. The van der Waals surface area contributed by atoms with E-state index in [9.17, 15) is 9.18 Å². The molecule has 0 unspecified atom stereocenters. The van der Waals surface area contributed by atoms with Crippen LogP contribution in [0.2, 0.25) is 0 Å². The van der Waals surface area contributed by atoms with Crippen LogP contribution in [0.15, 0.2) is 24.3 Å². The minimum Gasteiger partial charge on any atom is -0.441 e. The van der Waals surface area contributed by atoms with Gasteiger partial charge in [0.15, 0.2) is 0 Å². The van der Waals surface area contributed by atoms with Crippen LogP contribution < -0.4 is 5.73 Å². The second kappa shape index (κ2) is 8.94. The molecule has 2 saturated heterocycles. The maximum atomic E-state index is 13.7. The number of piperidine rings is 1. The fraction of sp³-hybridized carbons (Fsp3) is 0.609. The number of amides is 1. The van der Waals surface area contributed by atoms with Crippen molar-refractivity contribution < 1.29 is 13.9 Å². The summed E-state index contributed by atoms with van der Waals surface area (Å²) in [7, 11) is 0. The second-order valence-corrected chi connectivity index (χ2v) is 9.15. The van der Waals surface area contributed by atoms with E-state index in [1.807, 2.05) is 6.92 Å². The third kappa shape index (κ3) is 4.59. The summed E-state index contributed by atoms with van der Waals surface area (Å²) >= 11 is 0. The van der Waals surface area contributed by atoms with Gasteiger partial charge in [0.2, 0.25) is 0 Å². The molecule has 0 spiro atoms. The lowest BCUT2D eigenvalue weighted by atomic mass is 9.95. The number of ether oxygens (including phenoxy) is 1. The molecule has 1 amide bonds. The largest absolute Gasteiger partial charge is 0.441 e. The van der Waals surface area contributed by atoms with Crippen LogP contribution in [-0.2, 0) is 4.74 Å². The van der Waals surface area contributed by atoms with Crippen LogP contribution >= 0.6 is 0 Å². The fourth-order valence-electron chi connectivity index (χ4n) is 5.46. The van der Waals surface area contributed by atoms with Crippen molar-refractivity contribution in [2.45, 2.75) is 83.0 Å². The first kappa shape index (κ1) is 21.7. The summed E-state index contributed by atoms with van der Waals surface area (Å²) < 4.78 is 21.4. The molecule has 0 saturated carbocycles. The molecule has 7 nitrogen and oxygen atoms in total. The number of hydrogen-bond acceptors (Lipinski definition) is 5. The Hall–Kier alpha value is -2.48. The van der Waals surface area contributed by atoms with Gasteiger partial charge in [-0.3, -0.25) is 4.90 Å². The molecule has 2 bridgehead atoms. The normalized spacial score (nSPS) is 24.5. The summed E-state index contributed by atoms with van der Waals surface area (Å²) in [5, 5.41) is 8.75. The van der Waals surface area contributed by atoms with Crippen LogP contribution in [0.4, 0.5) is 9.18 Å². The Balaban J connectivity index is 1.45. The van der Waals surface area contributed by atoms with Crippen molar-refractivity contribution in [3.05, 3.63) is 47.3 Å². The predicted octanol–water partition coefficient (Wildman–Crippen LogP) is 4.24. The van der Waals surface area contributed by atoms with Gasteiger partial charge in [-0.1, -0.05) is 26.0 Å². The molecule has 4 rings (SSSR count). The highest BCUT2D eigenvalue weighted by atomic mass is 19.1. The third-order valence-corrected chi connectivity index (χ3v) is 6.76. The van der Waals surface area contributed by atoms with Gasteiger partial charge in [-0.15, -0.1) is 10.2 Å². The van der Waals surface area contributed by atoms with Gasteiger partial charge in [0, 0.05) is 37.0 Å². The number of nitrogens with zero attached hydrogens (tertiary/aromatic N) is 4. The molecule has 2 fully saturated rings. The zero-order valence-electron chi connectivity index (χ0n) is 18.5.